The van der Waals surface area contributed by atoms with E-state index < -0.39 is 0 Å². The molecule has 0 aliphatic carbocycles. The van der Waals surface area contributed by atoms with Crippen molar-refractivity contribution in [3.63, 3.8) is 0 Å². The topological polar surface area (TPSA) is 95.2 Å². The molecule has 64 valence electrons. The Labute approximate surface area is 131 Å². The summed E-state index contributed by atoms with van der Waals surface area (Å²) in [6.07, 6.45) is 0. The number of hydrogen-bond acceptors (Lipinski definition) is 8. The van der Waals surface area contributed by atoms with Crippen LogP contribution in [-0.4, -0.2) is 0 Å². The van der Waals surface area contributed by atoms with Gasteiger partial charge in [0.2, 0.25) is 0 Å². The van der Waals surface area contributed by atoms with E-state index in [4.69, 9.17) is 21.0 Å². The van der Waals surface area contributed by atoms with Crippen molar-refractivity contribution in [3.8, 4) is 21.6 Å². The van der Waals surface area contributed by atoms with E-state index in [1.54, 1.807) is 0 Å². The smallest absolute Gasteiger partial charge is 0.696 e. The third kappa shape index (κ3) is 46300. The first kappa shape index (κ1) is 29.2. The van der Waals surface area contributed by atoms with E-state index in [0.29, 0.717) is 0 Å². The van der Waals surface area contributed by atoms with E-state index >= 15 is 0 Å². The van der Waals surface area contributed by atoms with Gasteiger partial charge in [0.05, 0.1) is 0 Å². The quantitative estimate of drug-likeness (QED) is 0.367. The molecule has 0 aromatic carbocycles. The van der Waals surface area contributed by atoms with E-state index in [0.717, 1.165) is 0 Å². The Bertz CT molecular complexity index is 158. The van der Waals surface area contributed by atoms with Gasteiger partial charge in [0.1, 0.15) is 0 Å². The van der Waals surface area contributed by atoms with E-state index in [1.165, 1.54) is 21.6 Å². The van der Waals surface area contributed by atoms with Crippen LogP contribution in [-0.2, 0) is 50.5 Å². The maximum absolute atomic E-state index is 7.13. The van der Waals surface area contributed by atoms with Gasteiger partial charge in [-0.05, 0) is 0 Å². The second-order valence-corrected chi connectivity index (χ2v) is 1.10. The molecule has 9 heteroatoms. The van der Waals surface area contributed by atoms with E-state index in [2.05, 4.69) is 50.5 Å². The summed E-state index contributed by atoms with van der Waals surface area (Å²) >= 11 is 14.8. The van der Waals surface area contributed by atoms with Crippen LogP contribution in [0.25, 0.3) is 0 Å². The van der Waals surface area contributed by atoms with Crippen molar-refractivity contribution < 1.29 is 39.9 Å². The molecule has 0 aliphatic rings. The molecule has 0 saturated carbocycles. The number of nitrogens with zero attached hydrogens (tertiary/aromatic N) is 4. The molecule has 0 aromatic rings. The van der Waals surface area contributed by atoms with Gasteiger partial charge in [0.15, 0.2) is 0 Å². The predicted octanol–water partition coefficient (Wildman–Crippen LogP) is 0.0575. The van der Waals surface area contributed by atoms with Gasteiger partial charge in [0, 0.05) is 0 Å². The molecule has 0 spiro atoms. The second kappa shape index (κ2) is 87.4. The SMILES string of the molecule is N#C[S-].N#C[S-].N#C[S-].N#C[S-].[Th+4]. The third-order valence-electron chi connectivity index (χ3n) is 0. The first-order chi connectivity index (χ1) is 5.66. The molecule has 0 radical (unpaired) electrons. The van der Waals surface area contributed by atoms with Crippen molar-refractivity contribution in [3.05, 3.63) is 0 Å². The molecule has 13 heavy (non-hydrogen) atoms. The Balaban J connectivity index is -0.0000000213. The molecular weight excluding hydrogens is 464 g/mol. The Morgan fingerprint density at radius 1 is 0.538 bits per heavy atom. The predicted molar refractivity (Wildman–Crippen MR) is 51.9 cm³/mol. The van der Waals surface area contributed by atoms with Crippen LogP contribution in [0.3, 0.4) is 0 Å². The molecule has 0 aromatic heterocycles. The minimum absolute atomic E-state index is 0. The fourth-order valence-electron chi connectivity index (χ4n) is 0. The molecule has 0 unspecified atom stereocenters. The number of rotatable bonds is 0. The molecule has 0 rings (SSSR count). The van der Waals surface area contributed by atoms with Crippen molar-refractivity contribution in [2.75, 3.05) is 0 Å². The minimum atomic E-state index is 0. The summed E-state index contributed by atoms with van der Waals surface area (Å²) in [4.78, 5) is 0. The largest absolute Gasteiger partial charge is 4.00 e. The molecular formula is C4N4S4Th. The van der Waals surface area contributed by atoms with Gasteiger partial charge in [-0.2, -0.15) is 0 Å². The summed E-state index contributed by atoms with van der Waals surface area (Å²) < 4.78 is 0. The number of thiocyanates is 4. The first-order valence-corrected chi connectivity index (χ1v) is 3.34. The monoisotopic (exact) mass is 464 g/mol. The van der Waals surface area contributed by atoms with E-state index in [1.807, 2.05) is 0 Å². The van der Waals surface area contributed by atoms with Gasteiger partial charge in [-0.15, -0.1) is 0 Å². The van der Waals surface area contributed by atoms with Gasteiger partial charge in [-0.1, -0.05) is 21.6 Å². The van der Waals surface area contributed by atoms with Crippen LogP contribution >= 0.6 is 0 Å². The van der Waals surface area contributed by atoms with Crippen LogP contribution in [0.2, 0.25) is 0 Å². The Hall–Kier alpha value is 0.165. The molecule has 4 nitrogen and oxygen atoms in total. The zero-order valence-electron chi connectivity index (χ0n) is 5.92. The minimum Gasteiger partial charge on any atom is -0.696 e. The molecule has 0 saturated heterocycles. The zero-order valence-corrected chi connectivity index (χ0v) is 13.3. The zero-order chi connectivity index (χ0) is 10.8. The van der Waals surface area contributed by atoms with Gasteiger partial charge in [0.25, 0.3) is 0 Å². The Morgan fingerprint density at radius 3 is 0.538 bits per heavy atom. The van der Waals surface area contributed by atoms with E-state index in [-0.39, 0.29) is 39.9 Å². The van der Waals surface area contributed by atoms with Gasteiger partial charge in [-0.3, -0.25) is 0 Å². The molecule has 0 heterocycles. The average Bonchev–Trinajstić information content (AvgIpc) is 1.92. The van der Waals surface area contributed by atoms with E-state index in [9.17, 15) is 0 Å². The fraction of sp³-hybridized carbons (Fsp3) is 0. The molecule has 0 atom stereocenters. The van der Waals surface area contributed by atoms with Crippen molar-refractivity contribution in [2.45, 2.75) is 0 Å². The van der Waals surface area contributed by atoms with Gasteiger partial charge >= 0.3 is 39.9 Å². The Kier molecular flexibility index (Phi) is 197. The summed E-state index contributed by atoms with van der Waals surface area (Å²) in [5.74, 6) is 0. The molecule has 0 aliphatic heterocycles. The van der Waals surface area contributed by atoms with Crippen molar-refractivity contribution in [1.29, 1.82) is 21.0 Å². The first-order valence-electron chi connectivity index (χ1n) is 1.71. The molecule has 0 N–H and O–H groups in total. The third-order valence-corrected chi connectivity index (χ3v) is 0. The van der Waals surface area contributed by atoms with Gasteiger partial charge < -0.3 is 50.5 Å². The van der Waals surface area contributed by atoms with Crippen LogP contribution in [0.5, 0.6) is 0 Å². The standard InChI is InChI=1S/4CHNS.Th/c4*2-1-3;/h4*3H;/q;;;;+4/p-4. The second-order valence-electron chi connectivity index (χ2n) is 0.365. The van der Waals surface area contributed by atoms with Crippen molar-refractivity contribution in [1.82, 2.24) is 0 Å². The maximum Gasteiger partial charge on any atom is 4.00 e. The van der Waals surface area contributed by atoms with Crippen molar-refractivity contribution in [2.24, 2.45) is 0 Å². The summed E-state index contributed by atoms with van der Waals surface area (Å²) in [5.41, 5.74) is 0. The fourth-order valence-corrected chi connectivity index (χ4v) is 0. The molecule has 0 fully saturated rings. The van der Waals surface area contributed by atoms with Crippen LogP contribution in [0, 0.1) is 82.6 Å². The Morgan fingerprint density at radius 2 is 0.538 bits per heavy atom. The van der Waals surface area contributed by atoms with Crippen LogP contribution in [0.15, 0.2) is 0 Å². The summed E-state index contributed by atoms with van der Waals surface area (Å²) in [6.45, 7) is 0. The number of hydrogen-bond donors (Lipinski definition) is 0. The van der Waals surface area contributed by atoms with Gasteiger partial charge in [-0.25, -0.2) is 21.0 Å². The summed E-state index contributed by atoms with van der Waals surface area (Å²) in [5, 5.41) is 33.9. The normalized spacial score (nSPS) is 2.15. The summed E-state index contributed by atoms with van der Waals surface area (Å²) in [7, 11) is 0. The number of nitriles is 4. The summed E-state index contributed by atoms with van der Waals surface area (Å²) in [6, 6.07) is 0. The average molecular weight is 464 g/mol. The van der Waals surface area contributed by atoms with Crippen molar-refractivity contribution >= 4 is 50.5 Å². The van der Waals surface area contributed by atoms with Crippen LogP contribution in [0.1, 0.15) is 0 Å². The van der Waals surface area contributed by atoms with Crippen LogP contribution < -0.4 is 0 Å². The maximum atomic E-state index is 7.13. The van der Waals surface area contributed by atoms with Crippen LogP contribution in [0.4, 0.5) is 0 Å². The molecule has 0 bridgehead atoms. The molecule has 0 amide bonds.